The van der Waals surface area contributed by atoms with E-state index in [1.165, 1.54) is 11.3 Å². The molecule has 7 nitrogen and oxygen atoms in total. The van der Waals surface area contributed by atoms with Gasteiger partial charge in [-0.1, -0.05) is 36.4 Å². The van der Waals surface area contributed by atoms with Crippen molar-refractivity contribution in [3.63, 3.8) is 0 Å². The van der Waals surface area contributed by atoms with Gasteiger partial charge in [0.25, 0.3) is 0 Å². The van der Waals surface area contributed by atoms with E-state index in [9.17, 15) is 0 Å². The van der Waals surface area contributed by atoms with Gasteiger partial charge in [-0.05, 0) is 55.3 Å². The van der Waals surface area contributed by atoms with Crippen molar-refractivity contribution in [3.8, 4) is 11.1 Å². The third kappa shape index (κ3) is 3.31. The monoisotopic (exact) mass is 423 g/mol. The van der Waals surface area contributed by atoms with Crippen LogP contribution in [-0.2, 0) is 6.54 Å². The third-order valence-corrected chi connectivity index (χ3v) is 6.42. The summed E-state index contributed by atoms with van der Waals surface area (Å²) in [6, 6.07) is 19.0. The van der Waals surface area contributed by atoms with Gasteiger partial charge in [0.2, 0.25) is 0 Å². The van der Waals surface area contributed by atoms with E-state index in [1.807, 2.05) is 15.3 Å². The first kappa shape index (κ1) is 19.0. The van der Waals surface area contributed by atoms with Gasteiger partial charge in [-0.15, -0.1) is 0 Å². The van der Waals surface area contributed by atoms with Crippen molar-refractivity contribution >= 4 is 22.2 Å². The van der Waals surface area contributed by atoms with Gasteiger partial charge < -0.3 is 11.1 Å². The SMILES string of the molecule is Nc1ncnn2c(C3CCNCC3)cc(-c3ccc4nn(Cc5ccccc5)cc4c3)c12. The Labute approximate surface area is 185 Å². The highest BCUT2D eigenvalue weighted by molar-refractivity contribution is 5.92. The molecule has 1 aliphatic rings. The molecule has 160 valence electrons. The Morgan fingerprint density at radius 1 is 1.03 bits per heavy atom. The average Bonchev–Trinajstić information content (AvgIpc) is 3.41. The number of benzene rings is 2. The number of nitrogens with zero attached hydrogens (tertiary/aromatic N) is 5. The molecule has 32 heavy (non-hydrogen) atoms. The number of piperidine rings is 1. The normalized spacial score (nSPS) is 15.0. The van der Waals surface area contributed by atoms with Gasteiger partial charge in [0.15, 0.2) is 5.82 Å². The molecule has 2 aromatic carbocycles. The largest absolute Gasteiger partial charge is 0.382 e. The maximum Gasteiger partial charge on any atom is 0.151 e. The number of anilines is 1. The Morgan fingerprint density at radius 2 is 1.88 bits per heavy atom. The van der Waals surface area contributed by atoms with Crippen molar-refractivity contribution in [1.82, 2.24) is 29.7 Å². The molecule has 3 N–H and O–H groups in total. The summed E-state index contributed by atoms with van der Waals surface area (Å²) in [6.45, 7) is 2.81. The van der Waals surface area contributed by atoms with E-state index in [0.717, 1.165) is 60.0 Å². The predicted octanol–water partition coefficient (Wildman–Crippen LogP) is 3.84. The molecule has 0 amide bonds. The molecule has 0 atom stereocenters. The molecule has 1 saturated heterocycles. The number of fused-ring (bicyclic) bond motifs is 2. The van der Waals surface area contributed by atoms with Gasteiger partial charge in [-0.2, -0.15) is 10.2 Å². The average molecular weight is 424 g/mol. The number of nitrogen functional groups attached to an aromatic ring is 1. The second-order valence-corrected chi connectivity index (χ2v) is 8.50. The highest BCUT2D eigenvalue weighted by atomic mass is 15.3. The maximum absolute atomic E-state index is 6.34. The Balaban J connectivity index is 1.43. The van der Waals surface area contributed by atoms with Crippen LogP contribution in [0.1, 0.15) is 30.0 Å². The first-order valence-corrected chi connectivity index (χ1v) is 11.1. The van der Waals surface area contributed by atoms with Gasteiger partial charge in [0.05, 0.1) is 12.1 Å². The van der Waals surface area contributed by atoms with Crippen LogP contribution in [-0.4, -0.2) is 37.5 Å². The van der Waals surface area contributed by atoms with Crippen LogP contribution in [0, 0.1) is 0 Å². The van der Waals surface area contributed by atoms with Crippen molar-refractivity contribution in [2.75, 3.05) is 18.8 Å². The first-order chi connectivity index (χ1) is 15.8. The molecule has 0 radical (unpaired) electrons. The summed E-state index contributed by atoms with van der Waals surface area (Å²) in [4.78, 5) is 4.28. The quantitative estimate of drug-likeness (QED) is 0.459. The Hall–Kier alpha value is -3.71. The Kier molecular flexibility index (Phi) is 4.61. The standard InChI is InChI=1S/C25H25N7/c26-25-24-21(13-23(32(24)29-16-28-25)18-8-10-27-11-9-18)19-6-7-22-20(12-19)15-31(30-22)14-17-4-2-1-3-5-17/h1-7,12-13,15-16,18,27H,8-11,14H2,(H2,26,28,29). The minimum Gasteiger partial charge on any atom is -0.382 e. The fourth-order valence-electron chi connectivity index (χ4n) is 4.82. The van der Waals surface area contributed by atoms with Crippen LogP contribution in [0.3, 0.4) is 0 Å². The summed E-state index contributed by atoms with van der Waals surface area (Å²) < 4.78 is 4.00. The summed E-state index contributed by atoms with van der Waals surface area (Å²) in [6.07, 6.45) is 5.85. The van der Waals surface area contributed by atoms with E-state index in [4.69, 9.17) is 10.8 Å². The number of nitrogens with one attached hydrogen (secondary N) is 1. The van der Waals surface area contributed by atoms with Gasteiger partial charge in [0.1, 0.15) is 11.8 Å². The predicted molar refractivity (Wildman–Crippen MR) is 127 cm³/mol. The molecule has 0 saturated carbocycles. The van der Waals surface area contributed by atoms with E-state index in [2.05, 4.69) is 70.1 Å². The van der Waals surface area contributed by atoms with E-state index < -0.39 is 0 Å². The summed E-state index contributed by atoms with van der Waals surface area (Å²) in [5, 5.41) is 13.9. The number of hydrogen-bond donors (Lipinski definition) is 2. The summed E-state index contributed by atoms with van der Waals surface area (Å²) in [7, 11) is 0. The van der Waals surface area contributed by atoms with Crippen molar-refractivity contribution in [1.29, 1.82) is 0 Å². The molecule has 7 heteroatoms. The van der Waals surface area contributed by atoms with Crippen LogP contribution in [0.15, 0.2) is 67.1 Å². The second-order valence-electron chi connectivity index (χ2n) is 8.50. The van der Waals surface area contributed by atoms with Gasteiger partial charge in [0, 0.05) is 28.8 Å². The van der Waals surface area contributed by atoms with E-state index in [0.29, 0.717) is 11.7 Å². The lowest BCUT2D eigenvalue weighted by Gasteiger charge is -2.22. The molecule has 5 aromatic rings. The number of hydrogen-bond acceptors (Lipinski definition) is 5. The van der Waals surface area contributed by atoms with E-state index in [-0.39, 0.29) is 0 Å². The molecular weight excluding hydrogens is 398 g/mol. The second kappa shape index (κ2) is 7.76. The molecule has 1 aliphatic heterocycles. The van der Waals surface area contributed by atoms with Gasteiger partial charge >= 0.3 is 0 Å². The van der Waals surface area contributed by atoms with Gasteiger partial charge in [-0.25, -0.2) is 9.50 Å². The van der Waals surface area contributed by atoms with Gasteiger partial charge in [-0.3, -0.25) is 4.68 Å². The lowest BCUT2D eigenvalue weighted by atomic mass is 9.94. The molecule has 0 aliphatic carbocycles. The number of rotatable bonds is 4. The minimum atomic E-state index is 0.462. The number of aromatic nitrogens is 5. The Morgan fingerprint density at radius 3 is 2.72 bits per heavy atom. The molecule has 3 aromatic heterocycles. The minimum absolute atomic E-state index is 0.462. The summed E-state index contributed by atoms with van der Waals surface area (Å²) in [5.41, 5.74) is 12.8. The van der Waals surface area contributed by atoms with Crippen LogP contribution in [0.25, 0.3) is 27.5 Å². The summed E-state index contributed by atoms with van der Waals surface area (Å²) in [5.74, 6) is 0.971. The lowest BCUT2D eigenvalue weighted by Crippen LogP contribution is -2.27. The third-order valence-electron chi connectivity index (χ3n) is 6.42. The zero-order valence-corrected chi connectivity index (χ0v) is 17.8. The van der Waals surface area contributed by atoms with Crippen molar-refractivity contribution < 1.29 is 0 Å². The fraction of sp³-hybridized carbons (Fsp3) is 0.240. The molecule has 0 unspecified atom stereocenters. The number of nitrogens with two attached hydrogens (primary N) is 1. The highest BCUT2D eigenvalue weighted by Gasteiger charge is 2.23. The van der Waals surface area contributed by atoms with Crippen LogP contribution in [0.4, 0.5) is 5.82 Å². The molecule has 4 heterocycles. The smallest absolute Gasteiger partial charge is 0.151 e. The van der Waals surface area contributed by atoms with Crippen LogP contribution < -0.4 is 11.1 Å². The van der Waals surface area contributed by atoms with Crippen molar-refractivity contribution in [2.24, 2.45) is 0 Å². The Bertz CT molecular complexity index is 1390. The zero-order chi connectivity index (χ0) is 21.5. The molecule has 0 spiro atoms. The van der Waals surface area contributed by atoms with Crippen LogP contribution >= 0.6 is 0 Å². The van der Waals surface area contributed by atoms with Crippen molar-refractivity contribution in [2.45, 2.75) is 25.3 Å². The first-order valence-electron chi connectivity index (χ1n) is 11.1. The van der Waals surface area contributed by atoms with Crippen molar-refractivity contribution in [3.05, 3.63) is 78.4 Å². The highest BCUT2D eigenvalue weighted by Crippen LogP contribution is 2.36. The van der Waals surface area contributed by atoms with Crippen LogP contribution in [0.5, 0.6) is 0 Å². The molecular formula is C25H25N7. The topological polar surface area (TPSA) is 86.1 Å². The molecule has 0 bridgehead atoms. The molecule has 6 rings (SSSR count). The van der Waals surface area contributed by atoms with Crippen LogP contribution in [0.2, 0.25) is 0 Å². The molecule has 1 fully saturated rings. The maximum atomic E-state index is 6.34. The zero-order valence-electron chi connectivity index (χ0n) is 17.8. The lowest BCUT2D eigenvalue weighted by molar-refractivity contribution is 0.448. The fourth-order valence-corrected chi connectivity index (χ4v) is 4.82. The van der Waals surface area contributed by atoms with E-state index >= 15 is 0 Å². The summed E-state index contributed by atoms with van der Waals surface area (Å²) >= 11 is 0. The van der Waals surface area contributed by atoms with E-state index in [1.54, 1.807) is 6.33 Å².